The van der Waals surface area contributed by atoms with E-state index in [-0.39, 0.29) is 18.2 Å². The molecule has 0 spiro atoms. The average molecular weight is 646 g/mol. The Balaban J connectivity index is 1.56. The SMILES string of the molecule is CCC(CC)COC(=O)[C@H](C)N[P@](=O)(COc1cc(C)c(Cc2ccc(O)c(C(C)C)c2)c(C)c1)Oc1cccc2ccccc12. The predicted molar refractivity (Wildman–Crippen MR) is 186 cm³/mol. The maximum atomic E-state index is 14.5. The van der Waals surface area contributed by atoms with Gasteiger partial charge in [0.05, 0.1) is 6.61 Å². The molecule has 0 unspecified atom stereocenters. The first kappa shape index (κ1) is 35.1. The molecule has 2 atom stereocenters. The van der Waals surface area contributed by atoms with Gasteiger partial charge in [0.25, 0.3) is 0 Å². The van der Waals surface area contributed by atoms with Gasteiger partial charge < -0.3 is 19.1 Å². The van der Waals surface area contributed by atoms with Crippen molar-refractivity contribution in [3.05, 3.63) is 101 Å². The zero-order valence-electron chi connectivity index (χ0n) is 28.1. The van der Waals surface area contributed by atoms with Crippen molar-refractivity contribution < 1.29 is 28.5 Å². The highest BCUT2D eigenvalue weighted by Crippen LogP contribution is 2.46. The molecular formula is C38H48NO6P. The summed E-state index contributed by atoms with van der Waals surface area (Å²) in [7, 11) is -3.80. The number of esters is 1. The number of aromatic hydroxyl groups is 1. The summed E-state index contributed by atoms with van der Waals surface area (Å²) in [5.41, 5.74) is 5.27. The van der Waals surface area contributed by atoms with Crippen molar-refractivity contribution in [1.29, 1.82) is 0 Å². The van der Waals surface area contributed by atoms with Crippen molar-refractivity contribution in [1.82, 2.24) is 5.09 Å². The molecular weight excluding hydrogens is 597 g/mol. The van der Waals surface area contributed by atoms with Gasteiger partial charge >= 0.3 is 13.5 Å². The van der Waals surface area contributed by atoms with Crippen LogP contribution in [0.2, 0.25) is 0 Å². The van der Waals surface area contributed by atoms with Gasteiger partial charge in [-0.3, -0.25) is 9.36 Å². The van der Waals surface area contributed by atoms with E-state index in [4.69, 9.17) is 14.0 Å². The Morgan fingerprint density at radius 1 is 0.913 bits per heavy atom. The normalized spacial score (nSPS) is 13.5. The zero-order chi connectivity index (χ0) is 33.4. The molecule has 0 saturated heterocycles. The summed E-state index contributed by atoms with van der Waals surface area (Å²) in [5.74, 6) is 1.31. The smallest absolute Gasteiger partial charge is 0.354 e. The van der Waals surface area contributed by atoms with E-state index < -0.39 is 19.5 Å². The van der Waals surface area contributed by atoms with Crippen molar-refractivity contribution in [2.24, 2.45) is 5.92 Å². The largest absolute Gasteiger partial charge is 0.508 e. The van der Waals surface area contributed by atoms with Crippen LogP contribution < -0.4 is 14.3 Å². The van der Waals surface area contributed by atoms with Gasteiger partial charge in [0.2, 0.25) is 0 Å². The van der Waals surface area contributed by atoms with Crippen molar-refractivity contribution in [2.75, 3.05) is 13.0 Å². The molecule has 0 aromatic heterocycles. The quantitative estimate of drug-likeness (QED) is 0.0983. The Hall–Kier alpha value is -3.80. The summed E-state index contributed by atoms with van der Waals surface area (Å²) in [6.07, 6.45) is 2.23. The molecule has 7 nitrogen and oxygen atoms in total. The van der Waals surface area contributed by atoms with Gasteiger partial charge in [-0.2, -0.15) is 0 Å². The van der Waals surface area contributed by atoms with E-state index in [0.717, 1.165) is 51.4 Å². The number of nitrogens with one attached hydrogen (secondary N) is 1. The molecule has 0 bridgehead atoms. The first-order valence-electron chi connectivity index (χ1n) is 16.2. The number of ether oxygens (including phenoxy) is 2. The highest BCUT2D eigenvalue weighted by atomic mass is 31.2. The fraction of sp³-hybridized carbons (Fsp3) is 0.395. The van der Waals surface area contributed by atoms with Gasteiger partial charge in [0, 0.05) is 5.39 Å². The van der Waals surface area contributed by atoms with Crippen molar-refractivity contribution >= 4 is 24.3 Å². The second kappa shape index (κ2) is 15.7. The van der Waals surface area contributed by atoms with Gasteiger partial charge in [-0.25, -0.2) is 5.09 Å². The fourth-order valence-corrected chi connectivity index (χ4v) is 7.25. The molecule has 2 N–H and O–H groups in total. The number of fused-ring (bicyclic) bond motifs is 1. The van der Waals surface area contributed by atoms with E-state index >= 15 is 0 Å². The number of carbonyl (C=O) groups is 1. The summed E-state index contributed by atoms with van der Waals surface area (Å²) in [6.45, 7) is 14.3. The summed E-state index contributed by atoms with van der Waals surface area (Å²) in [5, 5.41) is 15.0. The monoisotopic (exact) mass is 645 g/mol. The van der Waals surface area contributed by atoms with Crippen LogP contribution in [0.4, 0.5) is 0 Å². The number of hydrogen-bond acceptors (Lipinski definition) is 6. The number of phenols is 1. The number of aryl methyl sites for hydroxylation is 2. The Morgan fingerprint density at radius 3 is 2.26 bits per heavy atom. The molecule has 8 heteroatoms. The van der Waals surface area contributed by atoms with Crippen LogP contribution in [0, 0.1) is 19.8 Å². The molecule has 0 heterocycles. The van der Waals surface area contributed by atoms with Crippen LogP contribution in [0.25, 0.3) is 10.8 Å². The molecule has 0 radical (unpaired) electrons. The van der Waals surface area contributed by atoms with Crippen molar-refractivity contribution in [3.63, 3.8) is 0 Å². The van der Waals surface area contributed by atoms with E-state index in [1.165, 1.54) is 0 Å². The topological polar surface area (TPSA) is 94.1 Å². The second-order valence-electron chi connectivity index (χ2n) is 12.4. The lowest BCUT2D eigenvalue weighted by Crippen LogP contribution is -2.36. The van der Waals surface area contributed by atoms with E-state index in [0.29, 0.717) is 30.3 Å². The van der Waals surface area contributed by atoms with Crippen LogP contribution >= 0.6 is 7.52 Å². The third-order valence-corrected chi connectivity index (χ3v) is 10.3. The lowest BCUT2D eigenvalue weighted by molar-refractivity contribution is -0.146. The minimum Gasteiger partial charge on any atom is -0.508 e. The molecule has 0 fully saturated rings. The third kappa shape index (κ3) is 8.92. The molecule has 0 amide bonds. The van der Waals surface area contributed by atoms with Crippen LogP contribution in [-0.2, 0) is 20.5 Å². The highest BCUT2D eigenvalue weighted by molar-refractivity contribution is 7.57. The molecule has 0 aliphatic heterocycles. The molecule has 4 aromatic rings. The van der Waals surface area contributed by atoms with E-state index in [9.17, 15) is 14.5 Å². The van der Waals surface area contributed by atoms with Gasteiger partial charge in [-0.1, -0.05) is 89.1 Å². The Bertz CT molecular complexity index is 1670. The number of benzene rings is 4. The van der Waals surface area contributed by atoms with Crippen LogP contribution in [0.15, 0.2) is 72.8 Å². The fourth-order valence-electron chi connectivity index (χ4n) is 5.58. The number of rotatable bonds is 15. The van der Waals surface area contributed by atoms with Gasteiger partial charge in [-0.15, -0.1) is 0 Å². The number of phenolic OH excluding ortho intramolecular Hbond substituents is 1. The van der Waals surface area contributed by atoms with E-state index in [1.807, 2.05) is 68.4 Å². The van der Waals surface area contributed by atoms with E-state index in [1.54, 1.807) is 19.1 Å². The van der Waals surface area contributed by atoms with Crippen LogP contribution in [0.5, 0.6) is 17.2 Å². The minimum absolute atomic E-state index is 0.215. The summed E-state index contributed by atoms with van der Waals surface area (Å²) in [4.78, 5) is 12.9. The number of hydrogen-bond donors (Lipinski definition) is 2. The highest BCUT2D eigenvalue weighted by Gasteiger charge is 2.32. The lowest BCUT2D eigenvalue weighted by atomic mass is 9.93. The Labute approximate surface area is 273 Å². The lowest BCUT2D eigenvalue weighted by Gasteiger charge is -2.25. The third-order valence-electron chi connectivity index (χ3n) is 8.52. The summed E-state index contributed by atoms with van der Waals surface area (Å²) < 4.78 is 32.4. The molecule has 246 valence electrons. The maximum Gasteiger partial charge on any atom is 0.354 e. The summed E-state index contributed by atoms with van der Waals surface area (Å²) in [6, 6.07) is 22.0. The van der Waals surface area contributed by atoms with Crippen molar-refractivity contribution in [2.45, 2.75) is 79.7 Å². The summed E-state index contributed by atoms with van der Waals surface area (Å²) >= 11 is 0. The van der Waals surface area contributed by atoms with Gasteiger partial charge in [0.1, 0.15) is 23.3 Å². The van der Waals surface area contributed by atoms with Crippen LogP contribution in [-0.4, -0.2) is 30.1 Å². The maximum absolute atomic E-state index is 14.5. The molecule has 46 heavy (non-hydrogen) atoms. The Kier molecular flexibility index (Phi) is 11.9. The molecule has 0 saturated carbocycles. The van der Waals surface area contributed by atoms with Crippen molar-refractivity contribution in [3.8, 4) is 17.2 Å². The molecule has 0 aliphatic rings. The second-order valence-corrected chi connectivity index (χ2v) is 14.5. The predicted octanol–water partition coefficient (Wildman–Crippen LogP) is 9.44. The van der Waals surface area contributed by atoms with Gasteiger partial charge in [-0.05, 0) is 96.5 Å². The molecule has 4 aromatic carbocycles. The van der Waals surface area contributed by atoms with E-state index in [2.05, 4.69) is 38.8 Å². The molecule has 0 aliphatic carbocycles. The molecule has 4 rings (SSSR count). The van der Waals surface area contributed by atoms with Crippen LogP contribution in [0.1, 0.15) is 81.2 Å². The standard InChI is InChI=1S/C38H48NO6P/c1-8-29(9-2)23-43-38(41)28(7)39-46(42,45-37-16-12-14-31-13-10-11-15-33(31)37)24-44-32-19-26(5)35(27(6)20-32)22-30-17-18-36(40)34(21-30)25(3)4/h10-21,25,28-29,40H,8-9,22-24H2,1-7H3,(H,39,42)/t28-,46-/m0/s1. The zero-order valence-corrected chi connectivity index (χ0v) is 29.0. The number of carbonyl (C=O) groups excluding carboxylic acids is 1. The van der Waals surface area contributed by atoms with Gasteiger partial charge in [0.15, 0.2) is 6.35 Å². The van der Waals surface area contributed by atoms with Crippen LogP contribution in [0.3, 0.4) is 0 Å². The average Bonchev–Trinajstić information content (AvgIpc) is 3.03. The first-order chi connectivity index (χ1) is 21.9. The Morgan fingerprint density at radius 2 is 1.59 bits per heavy atom. The minimum atomic E-state index is -3.80. The first-order valence-corrected chi connectivity index (χ1v) is 18.0.